The van der Waals surface area contributed by atoms with Gasteiger partial charge in [0, 0.05) is 53.9 Å². The number of phenols is 1. The van der Waals surface area contributed by atoms with Gasteiger partial charge in [-0.2, -0.15) is 0 Å². The third-order valence-corrected chi connectivity index (χ3v) is 20.3. The number of Topliss-reactive ketones (excluding diaryl/α,β-unsaturated/α-hetero) is 2. The topological polar surface area (TPSA) is 101 Å². The van der Waals surface area contributed by atoms with Gasteiger partial charge in [-0.3, -0.25) is 9.59 Å². The summed E-state index contributed by atoms with van der Waals surface area (Å²) in [4.78, 5) is 31.9. The van der Waals surface area contributed by atoms with Crippen molar-refractivity contribution in [2.45, 2.75) is 376 Å². The molecule has 3 N–H and O–H groups in total. The van der Waals surface area contributed by atoms with E-state index in [-0.39, 0.29) is 28.2 Å². The minimum absolute atomic E-state index is 0.0505. The summed E-state index contributed by atoms with van der Waals surface area (Å²) in [5, 5.41) is 36.3. The van der Waals surface area contributed by atoms with Crippen LogP contribution in [0.15, 0.2) is 53.3 Å². The average molecular weight is 1230 g/mol. The molecule has 0 bridgehead atoms. The van der Waals surface area contributed by atoms with Crippen molar-refractivity contribution < 1.29 is 29.5 Å². The van der Waals surface area contributed by atoms with Crippen LogP contribution < -0.4 is 4.90 Å². The fraction of sp³-hybridized carbons (Fsp3) is 0.815. The molecule has 0 aromatic heterocycles. The molecule has 88 heavy (non-hydrogen) atoms. The fourth-order valence-electron chi connectivity index (χ4n) is 14.6. The predicted octanol–water partition coefficient (Wildman–Crippen LogP) is 23.9. The van der Waals surface area contributed by atoms with Crippen LogP contribution in [0, 0.1) is 23.7 Å². The van der Waals surface area contributed by atoms with Gasteiger partial charge in [0.05, 0.1) is 17.6 Å². The molecule has 0 aliphatic heterocycles. The number of aliphatic hydroxyl groups is 2. The van der Waals surface area contributed by atoms with Crippen molar-refractivity contribution in [3.63, 3.8) is 0 Å². The fourth-order valence-corrected chi connectivity index (χ4v) is 14.6. The molecule has 0 heterocycles. The van der Waals surface area contributed by atoms with Crippen molar-refractivity contribution in [1.82, 2.24) is 0 Å². The highest BCUT2D eigenvalue weighted by molar-refractivity contribution is 6.31. The maximum absolute atomic E-state index is 14.9. The highest BCUT2D eigenvalue weighted by Gasteiger charge is 2.48. The summed E-state index contributed by atoms with van der Waals surface area (Å²) in [5.74, 6) is -0.453. The van der Waals surface area contributed by atoms with Crippen molar-refractivity contribution >= 4 is 23.0 Å². The third-order valence-electron chi connectivity index (χ3n) is 20.3. The van der Waals surface area contributed by atoms with E-state index < -0.39 is 23.6 Å². The van der Waals surface area contributed by atoms with Crippen LogP contribution in [0.5, 0.6) is 5.75 Å². The average Bonchev–Trinajstić information content (AvgIpc) is 1.73. The SMILES string of the molecule is CCCCCCCCC(CCCCCC)CN(CC(CCCCCC)CCCCCCCC)c1ccc(C2C(=O)C(=C3C=CC(=[N+](CC(CCCCCC)CCCCCCCC)CC(CCCCCC)CCCCCCCC)C=C3O)C(=O)C2O)c(O)c1. The number of aliphatic hydroxyl groups excluding tert-OH is 2. The molecule has 7 nitrogen and oxygen atoms in total. The van der Waals surface area contributed by atoms with E-state index in [2.05, 4.69) is 70.9 Å². The van der Waals surface area contributed by atoms with Gasteiger partial charge in [0.2, 0.25) is 5.71 Å². The number of hydrogen-bond donors (Lipinski definition) is 3. The molecule has 7 heteroatoms. The molecule has 506 valence electrons. The summed E-state index contributed by atoms with van der Waals surface area (Å²) in [6.07, 6.45) is 64.6. The van der Waals surface area contributed by atoms with Crippen molar-refractivity contribution in [3.05, 3.63) is 58.9 Å². The quantitative estimate of drug-likeness (QED) is 0.0260. The Balaban J connectivity index is 2.10. The highest BCUT2D eigenvalue weighted by atomic mass is 16.3. The Hall–Kier alpha value is -3.19. The molecular formula is C81H143N2O5+. The van der Waals surface area contributed by atoms with Crippen LogP contribution >= 0.6 is 0 Å². The summed E-state index contributed by atoms with van der Waals surface area (Å²) in [5.41, 5.74) is 2.21. The van der Waals surface area contributed by atoms with Gasteiger partial charge < -0.3 is 20.2 Å². The second-order valence-electron chi connectivity index (χ2n) is 28.4. The van der Waals surface area contributed by atoms with Crippen LogP contribution in [0.25, 0.3) is 0 Å². The van der Waals surface area contributed by atoms with Crippen LogP contribution in [0.2, 0.25) is 0 Å². The summed E-state index contributed by atoms with van der Waals surface area (Å²) in [6, 6.07) is 5.72. The number of unbranched alkanes of at least 4 members (excludes halogenated alkanes) is 32. The Labute approximate surface area is 544 Å². The maximum Gasteiger partial charge on any atom is 0.203 e. The Kier molecular flexibility index (Phi) is 46.1. The maximum atomic E-state index is 14.9. The van der Waals surface area contributed by atoms with E-state index in [1.165, 1.54) is 308 Å². The lowest BCUT2D eigenvalue weighted by molar-refractivity contribution is -0.541. The number of carbonyl (C=O) groups excluding carboxylic acids is 2. The lowest BCUT2D eigenvalue weighted by atomic mass is 9.90. The van der Waals surface area contributed by atoms with E-state index in [1.807, 2.05) is 24.3 Å². The molecule has 0 spiro atoms. The number of phenolic OH excluding ortho intramolecular Hbond substituents is 1. The summed E-state index contributed by atoms with van der Waals surface area (Å²) in [6.45, 7) is 22.1. The Morgan fingerprint density at radius 1 is 0.409 bits per heavy atom. The first-order valence-electron chi connectivity index (χ1n) is 38.8. The van der Waals surface area contributed by atoms with Crippen molar-refractivity contribution in [3.8, 4) is 5.75 Å². The number of anilines is 1. The van der Waals surface area contributed by atoms with Gasteiger partial charge in [-0.05, 0) is 75.3 Å². The number of ketones is 2. The lowest BCUT2D eigenvalue weighted by Gasteiger charge is -2.34. The summed E-state index contributed by atoms with van der Waals surface area (Å²) < 4.78 is 2.57. The van der Waals surface area contributed by atoms with Gasteiger partial charge in [-0.1, -0.05) is 318 Å². The first-order chi connectivity index (χ1) is 43.0. The lowest BCUT2D eigenvalue weighted by Crippen LogP contribution is -2.34. The summed E-state index contributed by atoms with van der Waals surface area (Å²) >= 11 is 0. The molecule has 0 amide bonds. The van der Waals surface area contributed by atoms with Crippen LogP contribution in [-0.4, -0.2) is 69.5 Å². The number of carbonyl (C=O) groups is 2. The van der Waals surface area contributed by atoms with Gasteiger partial charge in [0.15, 0.2) is 11.6 Å². The normalized spacial score (nSPS) is 17.5. The molecule has 6 unspecified atom stereocenters. The molecule has 0 saturated heterocycles. The molecular weight excluding hydrogens is 1080 g/mol. The monoisotopic (exact) mass is 1220 g/mol. The van der Waals surface area contributed by atoms with Crippen LogP contribution in [-0.2, 0) is 9.59 Å². The Morgan fingerprint density at radius 2 is 0.727 bits per heavy atom. The van der Waals surface area contributed by atoms with Gasteiger partial charge in [-0.15, -0.1) is 0 Å². The molecule has 1 saturated carbocycles. The molecule has 6 atom stereocenters. The van der Waals surface area contributed by atoms with Gasteiger partial charge in [0.1, 0.15) is 30.7 Å². The van der Waals surface area contributed by atoms with E-state index in [0.717, 1.165) is 37.6 Å². The number of benzene rings is 1. The van der Waals surface area contributed by atoms with E-state index in [0.29, 0.717) is 23.7 Å². The van der Waals surface area contributed by atoms with E-state index >= 15 is 0 Å². The van der Waals surface area contributed by atoms with Crippen molar-refractivity contribution in [1.29, 1.82) is 0 Å². The third kappa shape index (κ3) is 32.4. The molecule has 3 rings (SSSR count). The second-order valence-corrected chi connectivity index (χ2v) is 28.4. The van der Waals surface area contributed by atoms with Crippen molar-refractivity contribution in [2.75, 3.05) is 31.1 Å². The number of nitrogens with zero attached hydrogens (tertiary/aromatic N) is 2. The van der Waals surface area contributed by atoms with Crippen molar-refractivity contribution in [2.24, 2.45) is 23.7 Å². The van der Waals surface area contributed by atoms with Crippen LogP contribution in [0.4, 0.5) is 5.69 Å². The van der Waals surface area contributed by atoms with E-state index in [4.69, 9.17) is 0 Å². The first-order valence-corrected chi connectivity index (χ1v) is 38.8. The minimum atomic E-state index is -1.66. The largest absolute Gasteiger partial charge is 0.508 e. The Bertz CT molecular complexity index is 2000. The van der Waals surface area contributed by atoms with Gasteiger partial charge >= 0.3 is 0 Å². The molecule has 1 aromatic rings. The molecule has 2 aliphatic rings. The van der Waals surface area contributed by atoms with Crippen LogP contribution in [0.3, 0.4) is 0 Å². The molecule has 0 radical (unpaired) electrons. The minimum Gasteiger partial charge on any atom is -0.508 e. The van der Waals surface area contributed by atoms with Gasteiger partial charge in [0.25, 0.3) is 0 Å². The highest BCUT2D eigenvalue weighted by Crippen LogP contribution is 2.42. The van der Waals surface area contributed by atoms with E-state index in [1.54, 1.807) is 6.08 Å². The molecule has 1 fully saturated rings. The number of aromatic hydroxyl groups is 1. The summed E-state index contributed by atoms with van der Waals surface area (Å²) in [7, 11) is 0. The zero-order valence-corrected chi connectivity index (χ0v) is 59.3. The number of allylic oxidation sites excluding steroid dienone is 3. The second kappa shape index (κ2) is 51.3. The zero-order valence-electron chi connectivity index (χ0n) is 59.3. The molecule has 2 aliphatic carbocycles. The first kappa shape index (κ1) is 79.0. The molecule has 1 aromatic carbocycles. The van der Waals surface area contributed by atoms with Crippen LogP contribution in [0.1, 0.15) is 375 Å². The smallest absolute Gasteiger partial charge is 0.203 e. The van der Waals surface area contributed by atoms with Gasteiger partial charge in [-0.25, -0.2) is 4.58 Å². The van der Waals surface area contributed by atoms with E-state index in [9.17, 15) is 24.9 Å². The zero-order chi connectivity index (χ0) is 63.8. The number of hydrogen-bond acceptors (Lipinski definition) is 6. The standard InChI is InChI=1S/C81H142N2O5/c1-9-17-25-33-37-45-53-67(49-41-29-21-13-5)63-82(64-68(50-42-30-22-14-6)54-46-38-34-26-18-10-2)71-57-59-73(75(84)61-71)77-79(86)78(81(88)80(77)87)74-60-58-72(62-76(74)85)83(65-69(51-43-31-23-15-7)55-47-39-35-27-19-11-3)66-70(52-44-32-24-16-8)56-48-40-36-28-20-12-4/h57-62,67-70,77,80,84,87H,9-56,63-66H2,1-8H3/p+1. The number of rotatable bonds is 58. The predicted molar refractivity (Wildman–Crippen MR) is 382 cm³/mol. The Morgan fingerprint density at radius 3 is 1.06 bits per heavy atom.